The van der Waals surface area contributed by atoms with E-state index in [1.165, 1.54) is 0 Å². The summed E-state index contributed by atoms with van der Waals surface area (Å²) >= 11 is 0. The van der Waals surface area contributed by atoms with Crippen LogP contribution in [0.2, 0.25) is 0 Å². The predicted octanol–water partition coefficient (Wildman–Crippen LogP) is 2.82. The van der Waals surface area contributed by atoms with Gasteiger partial charge in [-0.3, -0.25) is 9.59 Å². The van der Waals surface area contributed by atoms with Gasteiger partial charge in [0.2, 0.25) is 5.91 Å². The molecule has 0 aliphatic heterocycles. The molecule has 10 heteroatoms. The second-order valence-electron chi connectivity index (χ2n) is 5.45. The van der Waals surface area contributed by atoms with Gasteiger partial charge >= 0.3 is 5.97 Å². The summed E-state index contributed by atoms with van der Waals surface area (Å²) in [6, 6.07) is 5.74. The molecule has 0 radical (unpaired) electrons. The maximum Gasteiger partial charge on any atom is 0.332 e. The first-order valence-corrected chi connectivity index (χ1v) is 11.2. The molecule has 0 atom stereocenters. The lowest BCUT2D eigenvalue weighted by Gasteiger charge is -2.04. The zero-order valence-electron chi connectivity index (χ0n) is 15.9. The summed E-state index contributed by atoms with van der Waals surface area (Å²) in [6.45, 7) is 2.03. The van der Waals surface area contributed by atoms with E-state index in [-0.39, 0.29) is 18.7 Å². The Morgan fingerprint density at radius 1 is 1.21 bits per heavy atom. The van der Waals surface area contributed by atoms with Crippen LogP contribution in [0.25, 0.3) is 0 Å². The molecule has 0 saturated carbocycles. The first kappa shape index (κ1) is 25.9. The van der Waals surface area contributed by atoms with Crippen molar-refractivity contribution >= 4 is 45.7 Å². The van der Waals surface area contributed by atoms with Crippen LogP contribution in [0.4, 0.5) is 0 Å². The minimum Gasteiger partial charge on any atom is -0.370 e. The minimum atomic E-state index is -0.453. The number of nitrogens with two attached hydrogens (primary N) is 1. The van der Waals surface area contributed by atoms with Crippen molar-refractivity contribution in [3.8, 4) is 0 Å². The van der Waals surface area contributed by atoms with Gasteiger partial charge in [-0.25, -0.2) is 9.78 Å². The highest BCUT2D eigenvalue weighted by atomic mass is 33.1. The number of aromatic nitrogens is 1. The van der Waals surface area contributed by atoms with Gasteiger partial charge < -0.3 is 15.4 Å². The summed E-state index contributed by atoms with van der Waals surface area (Å²) in [5.41, 5.74) is 6.99. The van der Waals surface area contributed by atoms with Crippen molar-refractivity contribution in [1.82, 2.24) is 10.5 Å². The fraction of sp³-hybridized carbons (Fsp3) is 0.500. The van der Waals surface area contributed by atoms with E-state index < -0.39 is 11.9 Å². The number of rotatable bonds is 12. The first-order chi connectivity index (χ1) is 13.5. The summed E-state index contributed by atoms with van der Waals surface area (Å²) in [7, 11) is 3.15. The molecule has 1 aromatic rings. The molecule has 0 unspecified atom stereocenters. The molecular formula is C18H27N3O5S2. The topological polar surface area (TPSA) is 128 Å². The van der Waals surface area contributed by atoms with Crippen molar-refractivity contribution in [3.63, 3.8) is 0 Å². The molecule has 0 aromatic carbocycles. The molecule has 1 rings (SSSR count). The second-order valence-corrected chi connectivity index (χ2v) is 7.89. The van der Waals surface area contributed by atoms with Crippen LogP contribution >= 0.6 is 21.6 Å². The molecule has 0 fully saturated rings. The van der Waals surface area contributed by atoms with Gasteiger partial charge in [0, 0.05) is 37.6 Å². The Hall–Kier alpha value is -2.07. The Balaban J connectivity index is 0.000000525. The molecular weight excluding hydrogens is 402 g/mol. The van der Waals surface area contributed by atoms with Gasteiger partial charge in [0.05, 0.1) is 0 Å². The summed E-state index contributed by atoms with van der Waals surface area (Å²) in [5, 5.41) is 0.956. The van der Waals surface area contributed by atoms with Crippen molar-refractivity contribution in [2.75, 3.05) is 5.75 Å². The largest absolute Gasteiger partial charge is 0.370 e. The molecule has 0 aliphatic rings. The second kappa shape index (κ2) is 18.3. The lowest BCUT2D eigenvalue weighted by atomic mass is 10.2. The van der Waals surface area contributed by atoms with E-state index in [0.29, 0.717) is 19.1 Å². The third-order valence-corrected chi connectivity index (χ3v) is 5.23. The number of aldehydes is 1. The van der Waals surface area contributed by atoms with Crippen LogP contribution in [0.3, 0.4) is 0 Å². The Labute approximate surface area is 173 Å². The molecule has 0 saturated heterocycles. The number of carbonyl (C=O) groups excluding carboxylic acids is 4. The summed E-state index contributed by atoms with van der Waals surface area (Å²) in [6.07, 6.45) is 6.06. The van der Waals surface area contributed by atoms with Gasteiger partial charge in [-0.1, -0.05) is 36.6 Å². The predicted molar refractivity (Wildman–Crippen MR) is 110 cm³/mol. The van der Waals surface area contributed by atoms with Crippen LogP contribution in [0, 0.1) is 0 Å². The highest BCUT2D eigenvalue weighted by Gasteiger charge is 2.05. The van der Waals surface area contributed by atoms with E-state index in [0.717, 1.165) is 30.0 Å². The summed E-state index contributed by atoms with van der Waals surface area (Å²) in [5.74, 6) is -0.417. The van der Waals surface area contributed by atoms with Gasteiger partial charge in [-0.05, 0) is 29.3 Å². The number of hydroxylamine groups is 1. The Morgan fingerprint density at radius 2 is 2.00 bits per heavy atom. The molecule has 156 valence electrons. The number of carbonyl (C=O) groups is 4. The van der Waals surface area contributed by atoms with Crippen LogP contribution in [0.1, 0.15) is 51.9 Å². The third-order valence-electron chi connectivity index (χ3n) is 2.97. The molecule has 2 amide bonds. The average Bonchev–Trinajstić information content (AvgIpc) is 2.69. The van der Waals surface area contributed by atoms with Crippen molar-refractivity contribution in [2.24, 2.45) is 5.73 Å². The lowest BCUT2D eigenvalue weighted by Crippen LogP contribution is -2.26. The molecule has 28 heavy (non-hydrogen) atoms. The number of primary amides is 1. The molecule has 0 spiro atoms. The van der Waals surface area contributed by atoms with Gasteiger partial charge in [-0.15, -0.1) is 0 Å². The monoisotopic (exact) mass is 429 g/mol. The van der Waals surface area contributed by atoms with E-state index in [2.05, 4.69) is 9.82 Å². The molecule has 1 heterocycles. The number of nitrogens with zero attached hydrogens (tertiary/aromatic N) is 1. The zero-order chi connectivity index (χ0) is 21.0. The van der Waals surface area contributed by atoms with Crippen LogP contribution < -0.4 is 11.2 Å². The number of unbranched alkanes of at least 4 members (excludes halogenated alkanes) is 2. The maximum absolute atomic E-state index is 11.0. The highest BCUT2D eigenvalue weighted by Crippen LogP contribution is 2.29. The zero-order valence-corrected chi connectivity index (χ0v) is 17.6. The van der Waals surface area contributed by atoms with Crippen LogP contribution in [-0.4, -0.2) is 34.8 Å². The standard InChI is InChI=1S/C10H17NO4.C8H10N2OS2/c1-2-3-4-7-10(14)15-11-9(13)6-5-8-12;9-7(11)4-6-12-13-8-3-1-2-5-10-8/h8H,2-7H2,1H3,(H,11,13);1-3,5H,4,6H2,(H2,9,11). The van der Waals surface area contributed by atoms with Gasteiger partial charge in [-0.2, -0.15) is 5.48 Å². The number of hydrogen-bond donors (Lipinski definition) is 2. The highest BCUT2D eigenvalue weighted by molar-refractivity contribution is 8.76. The molecule has 0 bridgehead atoms. The van der Waals surface area contributed by atoms with Crippen LogP contribution in [0.15, 0.2) is 29.4 Å². The summed E-state index contributed by atoms with van der Waals surface area (Å²) < 4.78 is 0. The van der Waals surface area contributed by atoms with E-state index in [1.54, 1.807) is 27.8 Å². The Kier molecular flexibility index (Phi) is 16.9. The number of pyridine rings is 1. The van der Waals surface area contributed by atoms with Gasteiger partial charge in [0.15, 0.2) is 0 Å². The first-order valence-electron chi connectivity index (χ1n) is 8.90. The number of nitrogens with one attached hydrogen (secondary N) is 1. The van der Waals surface area contributed by atoms with Crippen molar-refractivity contribution in [2.45, 2.75) is 56.9 Å². The average molecular weight is 430 g/mol. The number of hydrogen-bond acceptors (Lipinski definition) is 8. The minimum absolute atomic E-state index is 0.0474. The van der Waals surface area contributed by atoms with E-state index in [9.17, 15) is 19.2 Å². The van der Waals surface area contributed by atoms with Crippen molar-refractivity contribution in [1.29, 1.82) is 0 Å². The SMILES string of the molecule is CCCCCC(=O)ONC(=O)CCC=O.NC(=O)CCSSc1ccccn1. The fourth-order valence-electron chi connectivity index (χ4n) is 1.57. The Morgan fingerprint density at radius 3 is 2.61 bits per heavy atom. The molecule has 1 aromatic heterocycles. The smallest absolute Gasteiger partial charge is 0.332 e. The maximum atomic E-state index is 11.0. The normalized spacial score (nSPS) is 9.61. The lowest BCUT2D eigenvalue weighted by molar-refractivity contribution is -0.158. The Bertz CT molecular complexity index is 588. The quantitative estimate of drug-likeness (QED) is 0.225. The van der Waals surface area contributed by atoms with Crippen molar-refractivity contribution < 1.29 is 24.0 Å². The molecule has 8 nitrogen and oxygen atoms in total. The van der Waals surface area contributed by atoms with Gasteiger partial charge in [0.25, 0.3) is 5.91 Å². The van der Waals surface area contributed by atoms with Crippen LogP contribution in [0.5, 0.6) is 0 Å². The fourth-order valence-corrected chi connectivity index (χ4v) is 3.45. The molecule has 0 aliphatic carbocycles. The third kappa shape index (κ3) is 17.3. The van der Waals surface area contributed by atoms with Crippen LogP contribution in [-0.2, 0) is 24.0 Å². The van der Waals surface area contributed by atoms with E-state index >= 15 is 0 Å². The van der Waals surface area contributed by atoms with Crippen molar-refractivity contribution in [3.05, 3.63) is 24.4 Å². The van der Waals surface area contributed by atoms with E-state index in [4.69, 9.17) is 5.73 Å². The number of amides is 2. The molecule has 3 N–H and O–H groups in total. The van der Waals surface area contributed by atoms with Gasteiger partial charge in [0.1, 0.15) is 11.3 Å². The summed E-state index contributed by atoms with van der Waals surface area (Å²) in [4.78, 5) is 50.8. The van der Waals surface area contributed by atoms with E-state index in [1.807, 2.05) is 30.6 Å².